The van der Waals surface area contributed by atoms with Gasteiger partial charge in [-0.05, 0) is 66.2 Å². The Morgan fingerprint density at radius 3 is 2.24 bits per heavy atom. The molecule has 0 saturated carbocycles. The van der Waals surface area contributed by atoms with E-state index in [4.69, 9.17) is 9.15 Å². The second-order valence-electron chi connectivity index (χ2n) is 7.54. The van der Waals surface area contributed by atoms with Crippen LogP contribution in [0.15, 0.2) is 102 Å². The molecule has 0 saturated heterocycles. The summed E-state index contributed by atoms with van der Waals surface area (Å²) in [5.74, 6) is 1.04. The number of carbonyl (C=O) groups excluding carboxylic acids is 2. The molecule has 0 atom stereocenters. The van der Waals surface area contributed by atoms with Crippen LogP contribution in [0.5, 0.6) is 5.75 Å². The van der Waals surface area contributed by atoms with Gasteiger partial charge >= 0.3 is 0 Å². The average molecular weight is 456 g/mol. The number of ether oxygens (including phenoxy) is 1. The number of carbonyl (C=O) groups is 2. The molecular formula is C27H25N3O4. The maximum atomic E-state index is 12.3. The molecule has 3 aromatic carbocycles. The van der Waals surface area contributed by atoms with Gasteiger partial charge in [0.2, 0.25) is 5.91 Å². The van der Waals surface area contributed by atoms with Crippen LogP contribution in [-0.2, 0) is 17.9 Å². The Balaban J connectivity index is 1.19. The Labute approximate surface area is 197 Å². The van der Waals surface area contributed by atoms with E-state index >= 15 is 0 Å². The molecule has 0 radical (unpaired) electrons. The highest BCUT2D eigenvalue weighted by molar-refractivity contribution is 5.95. The van der Waals surface area contributed by atoms with Gasteiger partial charge < -0.3 is 25.1 Å². The summed E-state index contributed by atoms with van der Waals surface area (Å²) in [6, 6.07) is 27.7. The van der Waals surface area contributed by atoms with E-state index in [-0.39, 0.29) is 18.4 Å². The zero-order valence-corrected chi connectivity index (χ0v) is 18.5. The number of rotatable bonds is 10. The van der Waals surface area contributed by atoms with E-state index in [9.17, 15) is 9.59 Å². The Hall–Kier alpha value is -4.52. The van der Waals surface area contributed by atoms with Gasteiger partial charge in [0.05, 0.1) is 19.4 Å². The predicted octanol–water partition coefficient (Wildman–Crippen LogP) is 4.84. The van der Waals surface area contributed by atoms with Gasteiger partial charge in [0.15, 0.2) is 0 Å². The molecule has 3 N–H and O–H groups in total. The van der Waals surface area contributed by atoms with Crippen LogP contribution in [-0.4, -0.2) is 18.4 Å². The number of benzene rings is 3. The van der Waals surface area contributed by atoms with Gasteiger partial charge in [-0.15, -0.1) is 0 Å². The monoisotopic (exact) mass is 455 g/mol. The molecule has 7 heteroatoms. The van der Waals surface area contributed by atoms with E-state index in [0.29, 0.717) is 30.2 Å². The Morgan fingerprint density at radius 2 is 1.53 bits per heavy atom. The third-order valence-corrected chi connectivity index (χ3v) is 4.99. The van der Waals surface area contributed by atoms with Gasteiger partial charge in [0, 0.05) is 16.9 Å². The highest BCUT2D eigenvalue weighted by Crippen LogP contribution is 2.17. The zero-order chi connectivity index (χ0) is 23.6. The molecule has 0 fully saturated rings. The number of anilines is 2. The molecule has 4 rings (SSSR count). The SMILES string of the molecule is O=C(CNc1ccc(C(=O)NCc2ccco2)cc1)Nc1ccc(OCc2ccccc2)cc1. The molecule has 172 valence electrons. The molecule has 0 unspecified atom stereocenters. The number of hydrogen-bond acceptors (Lipinski definition) is 5. The number of amides is 2. The van der Waals surface area contributed by atoms with Crippen molar-refractivity contribution < 1.29 is 18.7 Å². The fourth-order valence-electron chi connectivity index (χ4n) is 3.18. The van der Waals surface area contributed by atoms with Crippen LogP contribution >= 0.6 is 0 Å². The number of hydrogen-bond donors (Lipinski definition) is 3. The largest absolute Gasteiger partial charge is 0.489 e. The minimum atomic E-state index is -0.197. The maximum Gasteiger partial charge on any atom is 0.251 e. The van der Waals surface area contributed by atoms with Crippen LogP contribution in [0.4, 0.5) is 11.4 Å². The third-order valence-electron chi connectivity index (χ3n) is 4.99. The standard InChI is InChI=1S/C27H25N3O4/c31-26(30-23-12-14-24(15-13-23)34-19-20-5-2-1-3-6-20)18-28-22-10-8-21(9-11-22)27(32)29-17-25-7-4-16-33-25/h1-16,28H,17-19H2,(H,29,32)(H,30,31). The molecular weight excluding hydrogens is 430 g/mol. The third kappa shape index (κ3) is 6.74. The summed E-state index contributed by atoms with van der Waals surface area (Å²) in [6.45, 7) is 0.906. The van der Waals surface area contributed by atoms with Gasteiger partial charge in [-0.2, -0.15) is 0 Å². The summed E-state index contributed by atoms with van der Waals surface area (Å²) in [5, 5.41) is 8.69. The second kappa shape index (κ2) is 11.4. The molecule has 0 bridgehead atoms. The average Bonchev–Trinajstić information content (AvgIpc) is 3.40. The Morgan fingerprint density at radius 1 is 0.794 bits per heavy atom. The van der Waals surface area contributed by atoms with Crippen LogP contribution < -0.4 is 20.7 Å². The van der Waals surface area contributed by atoms with E-state index in [0.717, 1.165) is 17.0 Å². The highest BCUT2D eigenvalue weighted by atomic mass is 16.5. The summed E-state index contributed by atoms with van der Waals surface area (Å²) in [7, 11) is 0. The van der Waals surface area contributed by atoms with Crippen molar-refractivity contribution in [2.24, 2.45) is 0 Å². The number of nitrogens with one attached hydrogen (secondary N) is 3. The lowest BCUT2D eigenvalue weighted by atomic mass is 10.2. The zero-order valence-electron chi connectivity index (χ0n) is 18.5. The summed E-state index contributed by atoms with van der Waals surface area (Å²) in [4.78, 5) is 24.5. The van der Waals surface area contributed by atoms with Crippen LogP contribution in [0.3, 0.4) is 0 Å². The first-order valence-corrected chi connectivity index (χ1v) is 10.9. The molecule has 1 heterocycles. The fraction of sp³-hybridized carbons (Fsp3) is 0.111. The highest BCUT2D eigenvalue weighted by Gasteiger charge is 2.07. The molecule has 0 aliphatic rings. The van der Waals surface area contributed by atoms with E-state index in [1.54, 1.807) is 54.8 Å². The molecule has 0 aliphatic carbocycles. The molecule has 7 nitrogen and oxygen atoms in total. The van der Waals surface area contributed by atoms with Crippen molar-refractivity contribution in [1.29, 1.82) is 0 Å². The van der Waals surface area contributed by atoms with Crippen molar-refractivity contribution in [3.05, 3.63) is 114 Å². The molecule has 34 heavy (non-hydrogen) atoms. The van der Waals surface area contributed by atoms with Crippen molar-refractivity contribution >= 4 is 23.2 Å². The van der Waals surface area contributed by atoms with Crippen molar-refractivity contribution in [3.8, 4) is 5.75 Å². The van der Waals surface area contributed by atoms with E-state index in [1.807, 2.05) is 42.5 Å². The summed E-state index contributed by atoms with van der Waals surface area (Å²) < 4.78 is 11.0. The Kier molecular flexibility index (Phi) is 7.58. The van der Waals surface area contributed by atoms with Crippen molar-refractivity contribution in [1.82, 2.24) is 5.32 Å². The van der Waals surface area contributed by atoms with Gasteiger partial charge in [-0.1, -0.05) is 30.3 Å². The predicted molar refractivity (Wildman–Crippen MR) is 131 cm³/mol. The minimum absolute atomic E-state index is 0.0935. The van der Waals surface area contributed by atoms with E-state index < -0.39 is 0 Å². The van der Waals surface area contributed by atoms with Crippen molar-refractivity contribution in [2.45, 2.75) is 13.2 Å². The minimum Gasteiger partial charge on any atom is -0.489 e. The Bertz CT molecular complexity index is 1190. The molecule has 2 amide bonds. The fourth-order valence-corrected chi connectivity index (χ4v) is 3.18. The first-order chi connectivity index (χ1) is 16.7. The van der Waals surface area contributed by atoms with E-state index in [1.165, 1.54) is 0 Å². The molecule has 4 aromatic rings. The summed E-state index contributed by atoms with van der Waals surface area (Å²) >= 11 is 0. The van der Waals surface area contributed by atoms with Crippen LogP contribution in [0.2, 0.25) is 0 Å². The lowest BCUT2D eigenvalue weighted by Gasteiger charge is -2.10. The smallest absolute Gasteiger partial charge is 0.251 e. The normalized spacial score (nSPS) is 10.4. The van der Waals surface area contributed by atoms with Gasteiger partial charge in [-0.25, -0.2) is 0 Å². The molecule has 0 aliphatic heterocycles. The van der Waals surface area contributed by atoms with Crippen molar-refractivity contribution in [2.75, 3.05) is 17.2 Å². The lowest BCUT2D eigenvalue weighted by molar-refractivity contribution is -0.114. The first kappa shape index (κ1) is 22.7. The summed E-state index contributed by atoms with van der Waals surface area (Å²) in [5.41, 5.74) is 3.04. The quantitative estimate of drug-likeness (QED) is 0.318. The maximum absolute atomic E-state index is 12.3. The molecule has 1 aromatic heterocycles. The van der Waals surface area contributed by atoms with Gasteiger partial charge in [-0.3, -0.25) is 9.59 Å². The first-order valence-electron chi connectivity index (χ1n) is 10.9. The van der Waals surface area contributed by atoms with Crippen molar-refractivity contribution in [3.63, 3.8) is 0 Å². The van der Waals surface area contributed by atoms with Crippen LogP contribution in [0, 0.1) is 0 Å². The van der Waals surface area contributed by atoms with Gasteiger partial charge in [0.1, 0.15) is 18.1 Å². The second-order valence-corrected chi connectivity index (χ2v) is 7.54. The molecule has 0 spiro atoms. The van der Waals surface area contributed by atoms with Crippen LogP contribution in [0.25, 0.3) is 0 Å². The summed E-state index contributed by atoms with van der Waals surface area (Å²) in [6.07, 6.45) is 1.56. The van der Waals surface area contributed by atoms with E-state index in [2.05, 4.69) is 16.0 Å². The van der Waals surface area contributed by atoms with Gasteiger partial charge in [0.25, 0.3) is 5.91 Å². The lowest BCUT2D eigenvalue weighted by Crippen LogP contribution is -2.23. The topological polar surface area (TPSA) is 92.6 Å². The van der Waals surface area contributed by atoms with Crippen LogP contribution in [0.1, 0.15) is 21.7 Å². The number of furan rings is 1.